The van der Waals surface area contributed by atoms with Crippen LogP contribution in [0.3, 0.4) is 0 Å². The molecule has 0 saturated carbocycles. The molecule has 1 unspecified atom stereocenters. The lowest BCUT2D eigenvalue weighted by atomic mass is 9.93. The molecule has 132 valence electrons. The molecule has 0 radical (unpaired) electrons. The molecule has 3 rings (SSSR count). The lowest BCUT2D eigenvalue weighted by Gasteiger charge is -2.20. The smallest absolute Gasteiger partial charge is 0.265 e. The van der Waals surface area contributed by atoms with Crippen LogP contribution in [-0.2, 0) is 10.0 Å². The fourth-order valence-corrected chi connectivity index (χ4v) is 4.22. The topological polar surface area (TPSA) is 104 Å². The van der Waals surface area contributed by atoms with E-state index in [1.807, 2.05) is 6.07 Å². The van der Waals surface area contributed by atoms with E-state index in [1.54, 1.807) is 30.3 Å². The van der Waals surface area contributed by atoms with E-state index in [-0.39, 0.29) is 28.6 Å². The molecule has 1 aliphatic rings. The molecular formula is C18H14FN3O3S. The minimum atomic E-state index is -4.12. The standard InChI is InChI=1S/C18H14FN3O3S/c19-13-6-8-14(9-7-13)26(24,25)22-11-16(15(10-20)18(22)21)17(23)12-4-2-1-3-5-12/h1-9,16H,11,21H2. The number of halogens is 1. The zero-order valence-electron chi connectivity index (χ0n) is 13.5. The summed E-state index contributed by atoms with van der Waals surface area (Å²) in [6.07, 6.45) is 0. The molecule has 1 heterocycles. The molecule has 2 aromatic carbocycles. The average Bonchev–Trinajstić information content (AvgIpc) is 2.99. The number of benzene rings is 2. The van der Waals surface area contributed by atoms with Crippen molar-refractivity contribution in [2.75, 3.05) is 6.54 Å². The van der Waals surface area contributed by atoms with Crippen molar-refractivity contribution in [2.24, 2.45) is 11.7 Å². The van der Waals surface area contributed by atoms with Crippen molar-refractivity contribution >= 4 is 15.8 Å². The van der Waals surface area contributed by atoms with Gasteiger partial charge >= 0.3 is 0 Å². The summed E-state index contributed by atoms with van der Waals surface area (Å²) in [5, 5.41) is 9.38. The van der Waals surface area contributed by atoms with E-state index < -0.39 is 21.8 Å². The molecule has 1 atom stereocenters. The first-order chi connectivity index (χ1) is 12.4. The lowest BCUT2D eigenvalue weighted by Crippen LogP contribution is -2.33. The maximum absolute atomic E-state index is 13.1. The van der Waals surface area contributed by atoms with Crippen LogP contribution in [0.2, 0.25) is 0 Å². The van der Waals surface area contributed by atoms with Gasteiger partial charge in [0.25, 0.3) is 10.0 Å². The van der Waals surface area contributed by atoms with Crippen LogP contribution in [0, 0.1) is 23.1 Å². The number of Topliss-reactive ketones (excluding diaryl/α,β-unsaturated/α-hetero) is 1. The van der Waals surface area contributed by atoms with Crippen molar-refractivity contribution in [1.29, 1.82) is 5.26 Å². The van der Waals surface area contributed by atoms with E-state index in [9.17, 15) is 22.9 Å². The second-order valence-electron chi connectivity index (χ2n) is 5.68. The number of nitriles is 1. The second-order valence-corrected chi connectivity index (χ2v) is 7.55. The SMILES string of the molecule is N#CC1=C(N)N(S(=O)(=O)c2ccc(F)cc2)CC1C(=O)c1ccccc1. The normalized spacial score (nSPS) is 17.2. The van der Waals surface area contributed by atoms with Gasteiger partial charge in [-0.25, -0.2) is 17.1 Å². The number of rotatable bonds is 4. The number of nitrogens with zero attached hydrogens (tertiary/aromatic N) is 2. The number of ketones is 1. The fourth-order valence-electron chi connectivity index (χ4n) is 2.78. The molecule has 0 aromatic heterocycles. The zero-order chi connectivity index (χ0) is 18.9. The molecule has 1 aliphatic heterocycles. The van der Waals surface area contributed by atoms with Gasteiger partial charge < -0.3 is 5.73 Å². The van der Waals surface area contributed by atoms with Crippen LogP contribution < -0.4 is 5.73 Å². The average molecular weight is 371 g/mol. The summed E-state index contributed by atoms with van der Waals surface area (Å²) in [5.74, 6) is -2.24. The van der Waals surface area contributed by atoms with E-state index in [4.69, 9.17) is 5.73 Å². The van der Waals surface area contributed by atoms with Gasteiger partial charge in [0.05, 0.1) is 29.0 Å². The summed E-state index contributed by atoms with van der Waals surface area (Å²) in [6, 6.07) is 14.4. The Hall–Kier alpha value is -3.18. The maximum Gasteiger partial charge on any atom is 0.265 e. The third kappa shape index (κ3) is 2.93. The number of carbonyl (C=O) groups is 1. The molecule has 0 fully saturated rings. The Morgan fingerprint density at radius 2 is 1.77 bits per heavy atom. The molecular weight excluding hydrogens is 357 g/mol. The Labute approximate surface area is 150 Å². The number of nitrogens with two attached hydrogens (primary N) is 1. The van der Waals surface area contributed by atoms with Crippen LogP contribution in [0.5, 0.6) is 0 Å². The molecule has 26 heavy (non-hydrogen) atoms. The van der Waals surface area contributed by atoms with Gasteiger partial charge in [0, 0.05) is 5.56 Å². The van der Waals surface area contributed by atoms with E-state index in [0.29, 0.717) is 5.56 Å². The zero-order valence-corrected chi connectivity index (χ0v) is 14.3. The van der Waals surface area contributed by atoms with Gasteiger partial charge in [-0.15, -0.1) is 0 Å². The van der Waals surface area contributed by atoms with Gasteiger partial charge in [0.2, 0.25) is 0 Å². The van der Waals surface area contributed by atoms with Crippen molar-refractivity contribution in [3.63, 3.8) is 0 Å². The van der Waals surface area contributed by atoms with E-state index in [1.165, 1.54) is 0 Å². The first-order valence-electron chi connectivity index (χ1n) is 7.63. The molecule has 0 spiro atoms. The lowest BCUT2D eigenvalue weighted by molar-refractivity contribution is 0.0942. The summed E-state index contributed by atoms with van der Waals surface area (Å²) in [4.78, 5) is 12.5. The van der Waals surface area contributed by atoms with E-state index in [0.717, 1.165) is 28.6 Å². The quantitative estimate of drug-likeness (QED) is 0.828. The number of sulfonamides is 1. The molecule has 0 amide bonds. The molecule has 0 bridgehead atoms. The van der Waals surface area contributed by atoms with Crippen molar-refractivity contribution in [1.82, 2.24) is 4.31 Å². The van der Waals surface area contributed by atoms with E-state index in [2.05, 4.69) is 0 Å². The minimum Gasteiger partial charge on any atom is -0.384 e. The van der Waals surface area contributed by atoms with Crippen LogP contribution in [0.1, 0.15) is 10.4 Å². The number of carbonyl (C=O) groups excluding carboxylic acids is 1. The minimum absolute atomic E-state index is 0.0930. The Morgan fingerprint density at radius 3 is 2.35 bits per heavy atom. The summed E-state index contributed by atoms with van der Waals surface area (Å²) in [6.45, 7) is -0.276. The van der Waals surface area contributed by atoms with Crippen LogP contribution >= 0.6 is 0 Å². The Morgan fingerprint density at radius 1 is 1.15 bits per heavy atom. The predicted molar refractivity (Wildman–Crippen MR) is 91.4 cm³/mol. The highest BCUT2D eigenvalue weighted by Gasteiger charge is 2.41. The van der Waals surface area contributed by atoms with Crippen molar-refractivity contribution in [2.45, 2.75) is 4.90 Å². The molecule has 6 nitrogen and oxygen atoms in total. The van der Waals surface area contributed by atoms with Gasteiger partial charge in [0.1, 0.15) is 11.6 Å². The molecule has 0 saturated heterocycles. The summed E-state index contributed by atoms with van der Waals surface area (Å²) in [5.41, 5.74) is 6.14. The van der Waals surface area contributed by atoms with Crippen LogP contribution in [0.4, 0.5) is 4.39 Å². The monoisotopic (exact) mass is 371 g/mol. The largest absolute Gasteiger partial charge is 0.384 e. The van der Waals surface area contributed by atoms with Crippen LogP contribution in [0.25, 0.3) is 0 Å². The van der Waals surface area contributed by atoms with Crippen LogP contribution in [0.15, 0.2) is 70.9 Å². The third-order valence-electron chi connectivity index (χ3n) is 4.14. The molecule has 2 aromatic rings. The molecule has 8 heteroatoms. The van der Waals surface area contributed by atoms with E-state index >= 15 is 0 Å². The first kappa shape index (κ1) is 17.6. The highest BCUT2D eigenvalue weighted by atomic mass is 32.2. The third-order valence-corrected chi connectivity index (χ3v) is 5.93. The summed E-state index contributed by atoms with van der Waals surface area (Å²) >= 11 is 0. The van der Waals surface area contributed by atoms with Gasteiger partial charge in [0.15, 0.2) is 5.78 Å². The maximum atomic E-state index is 13.1. The Balaban J connectivity index is 1.99. The van der Waals surface area contributed by atoms with Crippen LogP contribution in [-0.4, -0.2) is 25.1 Å². The predicted octanol–water partition coefficient (Wildman–Crippen LogP) is 2.02. The van der Waals surface area contributed by atoms with Crippen molar-refractivity contribution < 1.29 is 17.6 Å². The highest BCUT2D eigenvalue weighted by molar-refractivity contribution is 7.89. The van der Waals surface area contributed by atoms with Gasteiger partial charge in [-0.05, 0) is 24.3 Å². The molecule has 0 aliphatic carbocycles. The van der Waals surface area contributed by atoms with Gasteiger partial charge in [-0.3, -0.25) is 4.79 Å². The molecule has 2 N–H and O–H groups in total. The van der Waals surface area contributed by atoms with Gasteiger partial charge in [-0.2, -0.15) is 5.26 Å². The van der Waals surface area contributed by atoms with Crippen molar-refractivity contribution in [3.8, 4) is 6.07 Å². The summed E-state index contributed by atoms with van der Waals surface area (Å²) in [7, 11) is -4.12. The number of hydrogen-bond donors (Lipinski definition) is 1. The Bertz CT molecular complexity index is 1030. The number of hydrogen-bond acceptors (Lipinski definition) is 5. The highest BCUT2D eigenvalue weighted by Crippen LogP contribution is 2.32. The van der Waals surface area contributed by atoms with Gasteiger partial charge in [-0.1, -0.05) is 30.3 Å². The van der Waals surface area contributed by atoms with Crippen molar-refractivity contribution in [3.05, 3.63) is 77.4 Å². The fraction of sp³-hybridized carbons (Fsp3) is 0.111. The second kappa shape index (κ2) is 6.61. The first-order valence-corrected chi connectivity index (χ1v) is 9.07. The Kier molecular flexibility index (Phi) is 4.49. The summed E-state index contributed by atoms with van der Waals surface area (Å²) < 4.78 is 39.5.